The average molecular weight is 304 g/mol. The summed E-state index contributed by atoms with van der Waals surface area (Å²) in [5, 5.41) is 0. The predicted molar refractivity (Wildman–Crippen MR) is 84.1 cm³/mol. The number of rotatable bonds is 6. The molecule has 5 nitrogen and oxygen atoms in total. The molecule has 1 saturated heterocycles. The van der Waals surface area contributed by atoms with Crippen LogP contribution in [0.15, 0.2) is 30.3 Å². The van der Waals surface area contributed by atoms with E-state index in [2.05, 4.69) is 0 Å². The molecule has 2 atom stereocenters. The molecular weight excluding hydrogens is 280 g/mol. The number of carbonyl (C=O) groups excluding carboxylic acids is 2. The Hall–Kier alpha value is -1.88. The maximum atomic E-state index is 12.5. The van der Waals surface area contributed by atoms with E-state index >= 15 is 0 Å². The summed E-state index contributed by atoms with van der Waals surface area (Å²) in [4.78, 5) is 28.1. The summed E-state index contributed by atoms with van der Waals surface area (Å²) in [5.41, 5.74) is 1.09. The summed E-state index contributed by atoms with van der Waals surface area (Å²) in [6.07, 6.45) is 0.298. The van der Waals surface area contributed by atoms with Crippen molar-refractivity contribution in [2.75, 3.05) is 27.3 Å². The lowest BCUT2D eigenvalue weighted by molar-refractivity contribution is -0.135. The molecule has 0 aromatic heterocycles. The highest BCUT2D eigenvalue weighted by Gasteiger charge is 2.37. The second-order valence-electron chi connectivity index (χ2n) is 5.93. The Morgan fingerprint density at radius 1 is 1.41 bits per heavy atom. The quantitative estimate of drug-likeness (QED) is 0.801. The summed E-state index contributed by atoms with van der Waals surface area (Å²) in [6, 6.07) is 9.88. The van der Waals surface area contributed by atoms with Gasteiger partial charge in [0.1, 0.15) is 0 Å². The van der Waals surface area contributed by atoms with Crippen molar-refractivity contribution >= 4 is 11.8 Å². The van der Waals surface area contributed by atoms with E-state index in [1.54, 1.807) is 24.0 Å². The molecule has 0 N–H and O–H groups in total. The first-order valence-electron chi connectivity index (χ1n) is 7.60. The highest BCUT2D eigenvalue weighted by molar-refractivity contribution is 5.89. The number of carbonyl (C=O) groups is 2. The van der Waals surface area contributed by atoms with Gasteiger partial charge in [-0.2, -0.15) is 0 Å². The van der Waals surface area contributed by atoms with E-state index in [0.29, 0.717) is 26.1 Å². The molecule has 0 saturated carbocycles. The molecule has 0 unspecified atom stereocenters. The van der Waals surface area contributed by atoms with Gasteiger partial charge in [0.2, 0.25) is 11.8 Å². The van der Waals surface area contributed by atoms with Crippen molar-refractivity contribution in [3.05, 3.63) is 35.9 Å². The van der Waals surface area contributed by atoms with Crippen molar-refractivity contribution < 1.29 is 14.3 Å². The molecule has 1 aromatic rings. The minimum Gasteiger partial charge on any atom is -0.383 e. The molecule has 1 heterocycles. The fraction of sp³-hybridized carbons (Fsp3) is 0.529. The maximum Gasteiger partial charge on any atom is 0.228 e. The molecule has 5 heteroatoms. The molecule has 1 fully saturated rings. The SMILES string of the molecule is COC[C@H](C)N1C[C@H](C(=O)N(C)Cc2ccccc2)CC1=O. The van der Waals surface area contributed by atoms with Crippen molar-refractivity contribution in [3.8, 4) is 0 Å². The van der Waals surface area contributed by atoms with Crippen molar-refractivity contribution in [1.29, 1.82) is 0 Å². The Morgan fingerprint density at radius 2 is 2.09 bits per heavy atom. The zero-order chi connectivity index (χ0) is 16.1. The van der Waals surface area contributed by atoms with Crippen LogP contribution in [0, 0.1) is 5.92 Å². The van der Waals surface area contributed by atoms with Gasteiger partial charge >= 0.3 is 0 Å². The van der Waals surface area contributed by atoms with E-state index in [4.69, 9.17) is 4.74 Å². The van der Waals surface area contributed by atoms with Crippen LogP contribution in [0.1, 0.15) is 18.9 Å². The minimum atomic E-state index is -0.250. The van der Waals surface area contributed by atoms with Gasteiger partial charge in [0, 0.05) is 33.7 Å². The molecule has 2 rings (SSSR count). The fourth-order valence-electron chi connectivity index (χ4n) is 2.90. The van der Waals surface area contributed by atoms with Gasteiger partial charge in [-0.15, -0.1) is 0 Å². The van der Waals surface area contributed by atoms with Crippen LogP contribution in [0.3, 0.4) is 0 Å². The third-order valence-corrected chi connectivity index (χ3v) is 4.09. The average Bonchev–Trinajstić information content (AvgIpc) is 2.89. The van der Waals surface area contributed by atoms with Crippen LogP contribution in [-0.2, 0) is 20.9 Å². The second-order valence-corrected chi connectivity index (χ2v) is 5.93. The molecule has 1 aliphatic rings. The van der Waals surface area contributed by atoms with E-state index in [1.807, 2.05) is 37.3 Å². The van der Waals surface area contributed by atoms with Crippen LogP contribution in [0.5, 0.6) is 0 Å². The molecular formula is C17H24N2O3. The van der Waals surface area contributed by atoms with E-state index in [0.717, 1.165) is 5.56 Å². The van der Waals surface area contributed by atoms with Gasteiger partial charge in [-0.3, -0.25) is 9.59 Å². The number of hydrogen-bond acceptors (Lipinski definition) is 3. The van der Waals surface area contributed by atoms with Gasteiger partial charge < -0.3 is 14.5 Å². The van der Waals surface area contributed by atoms with E-state index in [1.165, 1.54) is 0 Å². The molecule has 22 heavy (non-hydrogen) atoms. The first-order valence-corrected chi connectivity index (χ1v) is 7.60. The first-order chi connectivity index (χ1) is 10.5. The standard InChI is InChI=1S/C17H24N2O3/c1-13(12-22-3)19-11-15(9-16(19)20)17(21)18(2)10-14-7-5-4-6-8-14/h4-8,13,15H,9-12H2,1-3H3/t13-,15+/m0/s1. The van der Waals surface area contributed by atoms with Gasteiger partial charge in [0.25, 0.3) is 0 Å². The Balaban J connectivity index is 1.94. The Morgan fingerprint density at radius 3 is 2.73 bits per heavy atom. The fourth-order valence-corrected chi connectivity index (χ4v) is 2.90. The topological polar surface area (TPSA) is 49.9 Å². The molecule has 0 bridgehead atoms. The second kappa shape index (κ2) is 7.40. The summed E-state index contributed by atoms with van der Waals surface area (Å²) < 4.78 is 5.10. The zero-order valence-corrected chi connectivity index (χ0v) is 13.5. The van der Waals surface area contributed by atoms with E-state index in [-0.39, 0.29) is 23.8 Å². The highest BCUT2D eigenvalue weighted by Crippen LogP contribution is 2.22. The third-order valence-electron chi connectivity index (χ3n) is 4.09. The van der Waals surface area contributed by atoms with Crippen molar-refractivity contribution in [2.24, 2.45) is 5.92 Å². The molecule has 2 amide bonds. The number of nitrogens with zero attached hydrogens (tertiary/aromatic N) is 2. The van der Waals surface area contributed by atoms with Gasteiger partial charge in [0.15, 0.2) is 0 Å². The Kier molecular flexibility index (Phi) is 5.55. The summed E-state index contributed by atoms with van der Waals surface area (Å²) in [5.74, 6) is -0.180. The lowest BCUT2D eigenvalue weighted by atomic mass is 10.1. The predicted octanol–water partition coefficient (Wildman–Crippen LogP) is 1.53. The zero-order valence-electron chi connectivity index (χ0n) is 13.5. The van der Waals surface area contributed by atoms with Crippen molar-refractivity contribution in [1.82, 2.24) is 9.80 Å². The normalized spacial score (nSPS) is 19.3. The van der Waals surface area contributed by atoms with Crippen LogP contribution in [-0.4, -0.2) is 55.0 Å². The van der Waals surface area contributed by atoms with Crippen molar-refractivity contribution in [2.45, 2.75) is 25.9 Å². The minimum absolute atomic E-state index is 0.00901. The summed E-state index contributed by atoms with van der Waals surface area (Å²) in [6.45, 7) is 3.49. The third kappa shape index (κ3) is 3.85. The number of ether oxygens (including phenoxy) is 1. The van der Waals surface area contributed by atoms with Crippen LogP contribution < -0.4 is 0 Å². The summed E-state index contributed by atoms with van der Waals surface area (Å²) in [7, 11) is 3.41. The molecule has 0 radical (unpaired) electrons. The van der Waals surface area contributed by atoms with Gasteiger partial charge in [-0.05, 0) is 12.5 Å². The lowest BCUT2D eigenvalue weighted by Crippen LogP contribution is -2.39. The number of benzene rings is 1. The van der Waals surface area contributed by atoms with Crippen molar-refractivity contribution in [3.63, 3.8) is 0 Å². The van der Waals surface area contributed by atoms with Gasteiger partial charge in [0.05, 0.1) is 18.6 Å². The monoisotopic (exact) mass is 304 g/mol. The summed E-state index contributed by atoms with van der Waals surface area (Å²) >= 11 is 0. The molecule has 0 aliphatic carbocycles. The Labute approximate surface area is 131 Å². The number of hydrogen-bond donors (Lipinski definition) is 0. The molecule has 1 aromatic carbocycles. The van der Waals surface area contributed by atoms with Gasteiger partial charge in [-0.1, -0.05) is 30.3 Å². The lowest BCUT2D eigenvalue weighted by Gasteiger charge is -2.25. The smallest absolute Gasteiger partial charge is 0.228 e. The van der Waals surface area contributed by atoms with Crippen LogP contribution in [0.25, 0.3) is 0 Å². The first kappa shape index (κ1) is 16.5. The maximum absolute atomic E-state index is 12.5. The van der Waals surface area contributed by atoms with E-state index < -0.39 is 0 Å². The number of likely N-dealkylation sites (tertiary alicyclic amines) is 1. The highest BCUT2D eigenvalue weighted by atomic mass is 16.5. The molecule has 1 aliphatic heterocycles. The van der Waals surface area contributed by atoms with Crippen LogP contribution >= 0.6 is 0 Å². The van der Waals surface area contributed by atoms with Gasteiger partial charge in [-0.25, -0.2) is 0 Å². The molecule has 0 spiro atoms. The number of methoxy groups -OCH3 is 1. The Bertz CT molecular complexity index is 518. The molecule has 120 valence electrons. The number of amides is 2. The van der Waals surface area contributed by atoms with E-state index in [9.17, 15) is 9.59 Å². The largest absolute Gasteiger partial charge is 0.383 e. The van der Waals surface area contributed by atoms with Crippen LogP contribution in [0.4, 0.5) is 0 Å². The van der Waals surface area contributed by atoms with Crippen LogP contribution in [0.2, 0.25) is 0 Å².